The second-order valence-electron chi connectivity index (χ2n) is 5.64. The minimum Gasteiger partial charge on any atom is -0.496 e. The summed E-state index contributed by atoms with van der Waals surface area (Å²) in [6.45, 7) is 6.07. The van der Waals surface area contributed by atoms with Crippen molar-refractivity contribution >= 4 is 23.7 Å². The first-order valence-electron chi connectivity index (χ1n) is 7.52. The van der Waals surface area contributed by atoms with Crippen LogP contribution in [0.1, 0.15) is 36.5 Å². The van der Waals surface area contributed by atoms with E-state index in [1.807, 2.05) is 0 Å². The van der Waals surface area contributed by atoms with Crippen LogP contribution < -0.4 is 10.2 Å². The zero-order chi connectivity index (χ0) is 16.8. The van der Waals surface area contributed by atoms with Crippen LogP contribution in [0.5, 0.6) is 5.75 Å². The second-order valence-corrected chi connectivity index (χ2v) is 6.08. The van der Waals surface area contributed by atoms with E-state index in [0.29, 0.717) is 22.3 Å². The largest absolute Gasteiger partial charge is 0.496 e. The Bertz CT molecular complexity index is 665. The Morgan fingerprint density at radius 2 is 2.30 bits per heavy atom. The normalized spacial score (nSPS) is 17.7. The van der Waals surface area contributed by atoms with Gasteiger partial charge in [0.25, 0.3) is 5.91 Å². The van der Waals surface area contributed by atoms with Crippen molar-refractivity contribution < 1.29 is 9.53 Å². The highest BCUT2D eigenvalue weighted by Crippen LogP contribution is 2.27. The summed E-state index contributed by atoms with van der Waals surface area (Å²) in [5, 5.41) is 4.51. The number of nitrogens with one attached hydrogen (secondary N) is 1. The van der Waals surface area contributed by atoms with E-state index in [2.05, 4.69) is 30.1 Å². The zero-order valence-corrected chi connectivity index (χ0v) is 14.2. The maximum Gasteiger partial charge on any atom is 0.275 e. The molecule has 0 saturated carbocycles. The molecule has 2 rings (SSSR count). The molecule has 0 spiro atoms. The number of hydrazone groups is 1. The molecule has 0 heterocycles. The topological polar surface area (TPSA) is 50.7 Å². The van der Waals surface area contributed by atoms with E-state index in [-0.39, 0.29) is 5.91 Å². The Morgan fingerprint density at radius 3 is 2.91 bits per heavy atom. The van der Waals surface area contributed by atoms with Gasteiger partial charge < -0.3 is 4.74 Å². The standard InChI is InChI=1S/C18H21ClN2O2/c1-12(2)14-6-4-13(5-7-14)11-20-21-18(22)16-10-15(19)8-9-17(16)23-3/h4,8-11,14H,1,5-7H2,2-3H3,(H,21,22)/b20-11+. The van der Waals surface area contributed by atoms with Gasteiger partial charge in [0.05, 0.1) is 18.9 Å². The van der Waals surface area contributed by atoms with Gasteiger partial charge in [0.15, 0.2) is 0 Å². The minimum atomic E-state index is -0.350. The Morgan fingerprint density at radius 1 is 1.52 bits per heavy atom. The molecule has 122 valence electrons. The van der Waals surface area contributed by atoms with Gasteiger partial charge in [-0.05, 0) is 55.9 Å². The van der Waals surface area contributed by atoms with Gasteiger partial charge in [0.1, 0.15) is 5.75 Å². The monoisotopic (exact) mass is 332 g/mol. The highest BCUT2D eigenvalue weighted by Gasteiger charge is 2.14. The lowest BCUT2D eigenvalue weighted by atomic mass is 9.86. The SMILES string of the molecule is C=C(C)C1CC=C(/C=N/NC(=O)c2cc(Cl)ccc2OC)CC1. The number of hydrogen-bond donors (Lipinski definition) is 1. The van der Waals surface area contributed by atoms with E-state index in [9.17, 15) is 4.79 Å². The van der Waals surface area contributed by atoms with Gasteiger partial charge in [-0.1, -0.05) is 29.8 Å². The summed E-state index contributed by atoms with van der Waals surface area (Å²) < 4.78 is 5.16. The first-order valence-corrected chi connectivity index (χ1v) is 7.90. The number of hydrogen-bond acceptors (Lipinski definition) is 3. The van der Waals surface area contributed by atoms with Crippen LogP contribution in [0.2, 0.25) is 5.02 Å². The van der Waals surface area contributed by atoms with Crippen LogP contribution in [-0.2, 0) is 0 Å². The number of nitrogens with zero attached hydrogens (tertiary/aromatic N) is 1. The third-order valence-corrected chi connectivity index (χ3v) is 4.18. The Labute approximate surface area is 141 Å². The fraction of sp³-hybridized carbons (Fsp3) is 0.333. The van der Waals surface area contributed by atoms with Crippen LogP contribution in [0.4, 0.5) is 0 Å². The van der Waals surface area contributed by atoms with Gasteiger partial charge in [-0.15, -0.1) is 0 Å². The zero-order valence-electron chi connectivity index (χ0n) is 13.4. The number of carbonyl (C=O) groups is 1. The van der Waals surface area contributed by atoms with Gasteiger partial charge in [-0.3, -0.25) is 4.79 Å². The third-order valence-electron chi connectivity index (χ3n) is 3.95. The minimum absolute atomic E-state index is 0.350. The predicted molar refractivity (Wildman–Crippen MR) is 94.2 cm³/mol. The molecule has 1 aromatic rings. The second kappa shape index (κ2) is 7.97. The molecule has 1 amide bonds. The molecule has 0 aromatic heterocycles. The summed E-state index contributed by atoms with van der Waals surface area (Å²) in [7, 11) is 1.51. The van der Waals surface area contributed by atoms with Crippen LogP contribution >= 0.6 is 11.6 Å². The maximum atomic E-state index is 12.2. The molecule has 1 aliphatic carbocycles. The third kappa shape index (κ3) is 4.70. The summed E-state index contributed by atoms with van der Waals surface area (Å²) in [6.07, 6.45) is 6.84. The average molecular weight is 333 g/mol. The summed E-state index contributed by atoms with van der Waals surface area (Å²) in [4.78, 5) is 12.2. The van der Waals surface area contributed by atoms with Crippen molar-refractivity contribution in [3.05, 3.63) is 52.6 Å². The molecule has 0 radical (unpaired) electrons. The number of allylic oxidation sites excluding steroid dienone is 3. The van der Waals surface area contributed by atoms with Crippen LogP contribution in [0.25, 0.3) is 0 Å². The van der Waals surface area contributed by atoms with Crippen molar-refractivity contribution in [1.29, 1.82) is 0 Å². The average Bonchev–Trinajstić information content (AvgIpc) is 2.55. The summed E-state index contributed by atoms with van der Waals surface area (Å²) in [5.41, 5.74) is 5.22. The number of benzene rings is 1. The van der Waals surface area contributed by atoms with Crippen molar-refractivity contribution in [3.63, 3.8) is 0 Å². The number of amides is 1. The molecule has 0 fully saturated rings. The van der Waals surface area contributed by atoms with Crippen LogP contribution in [0.15, 0.2) is 47.1 Å². The van der Waals surface area contributed by atoms with Gasteiger partial charge in [0.2, 0.25) is 0 Å². The smallest absolute Gasteiger partial charge is 0.275 e. The van der Waals surface area contributed by atoms with Gasteiger partial charge >= 0.3 is 0 Å². The van der Waals surface area contributed by atoms with Crippen molar-refractivity contribution in [2.45, 2.75) is 26.2 Å². The van der Waals surface area contributed by atoms with E-state index in [1.165, 1.54) is 12.7 Å². The summed E-state index contributed by atoms with van der Waals surface area (Å²) in [5.74, 6) is 0.664. The molecule has 1 N–H and O–H groups in total. The molecule has 0 saturated heterocycles. The molecule has 0 bridgehead atoms. The highest BCUT2D eigenvalue weighted by atomic mass is 35.5. The number of halogens is 1. The summed E-state index contributed by atoms with van der Waals surface area (Å²) >= 11 is 5.92. The Kier molecular flexibility index (Phi) is 5.99. The van der Waals surface area contributed by atoms with E-state index in [1.54, 1.807) is 24.4 Å². The molecular weight excluding hydrogens is 312 g/mol. The van der Waals surface area contributed by atoms with E-state index < -0.39 is 0 Å². The van der Waals surface area contributed by atoms with Crippen LogP contribution in [0.3, 0.4) is 0 Å². The predicted octanol–water partition coefficient (Wildman–Crippen LogP) is 4.37. The van der Waals surface area contributed by atoms with Crippen molar-refractivity contribution in [3.8, 4) is 5.75 Å². The van der Waals surface area contributed by atoms with Gasteiger partial charge in [0, 0.05) is 5.02 Å². The fourth-order valence-corrected chi connectivity index (χ4v) is 2.68. The molecule has 0 aliphatic heterocycles. The van der Waals surface area contributed by atoms with E-state index >= 15 is 0 Å². The van der Waals surface area contributed by atoms with Crippen molar-refractivity contribution in [1.82, 2.24) is 5.43 Å². The first-order chi connectivity index (χ1) is 11.0. The van der Waals surface area contributed by atoms with Crippen molar-refractivity contribution in [2.24, 2.45) is 11.0 Å². The molecule has 1 unspecified atom stereocenters. The lowest BCUT2D eigenvalue weighted by Crippen LogP contribution is -2.19. The highest BCUT2D eigenvalue weighted by molar-refractivity contribution is 6.31. The summed E-state index contributed by atoms with van der Waals surface area (Å²) in [6, 6.07) is 4.89. The molecule has 1 aliphatic rings. The van der Waals surface area contributed by atoms with E-state index in [4.69, 9.17) is 16.3 Å². The quantitative estimate of drug-likeness (QED) is 0.494. The lowest BCUT2D eigenvalue weighted by Gasteiger charge is -2.20. The van der Waals surface area contributed by atoms with Crippen LogP contribution in [-0.4, -0.2) is 19.2 Å². The van der Waals surface area contributed by atoms with Gasteiger partial charge in [-0.25, -0.2) is 5.43 Å². The van der Waals surface area contributed by atoms with Crippen molar-refractivity contribution in [2.75, 3.05) is 7.11 Å². The molecule has 1 aromatic carbocycles. The number of ether oxygens (including phenoxy) is 1. The van der Waals surface area contributed by atoms with Crippen LogP contribution in [0, 0.1) is 5.92 Å². The number of methoxy groups -OCH3 is 1. The number of carbonyl (C=O) groups excluding carboxylic acids is 1. The molecule has 1 atom stereocenters. The molecular formula is C18H21ClN2O2. The first kappa shape index (κ1) is 17.3. The fourth-order valence-electron chi connectivity index (χ4n) is 2.51. The maximum absolute atomic E-state index is 12.2. The molecule has 5 heteroatoms. The lowest BCUT2D eigenvalue weighted by molar-refractivity contribution is 0.0952. The Hall–Kier alpha value is -2.07. The number of rotatable bonds is 5. The molecule has 23 heavy (non-hydrogen) atoms. The van der Waals surface area contributed by atoms with Gasteiger partial charge in [-0.2, -0.15) is 5.10 Å². The Balaban J connectivity index is 1.97. The van der Waals surface area contributed by atoms with E-state index in [0.717, 1.165) is 24.8 Å². The molecule has 4 nitrogen and oxygen atoms in total.